The fourth-order valence-electron chi connectivity index (χ4n) is 3.39. The van der Waals surface area contributed by atoms with Crippen molar-refractivity contribution in [3.05, 3.63) is 23.9 Å². The number of aromatic nitrogens is 1. The predicted octanol–water partition coefficient (Wildman–Crippen LogP) is 3.76. The van der Waals surface area contributed by atoms with Crippen LogP contribution in [0.3, 0.4) is 0 Å². The summed E-state index contributed by atoms with van der Waals surface area (Å²) in [6.45, 7) is 0. The topological polar surface area (TPSA) is 43.8 Å². The van der Waals surface area contributed by atoms with Crippen molar-refractivity contribution in [2.24, 2.45) is 0 Å². The third-order valence-electron chi connectivity index (χ3n) is 4.30. The molecule has 3 atom stereocenters. The third kappa shape index (κ3) is 3.73. The maximum absolute atomic E-state index is 12.6. The Labute approximate surface area is 136 Å². The molecule has 1 aromatic rings. The molecule has 9 heteroatoms. The Balaban J connectivity index is 1.66. The number of nitrogens with zero attached hydrogens (tertiary/aromatic N) is 2. The average molecular weight is 350 g/mol. The van der Waals surface area contributed by atoms with Gasteiger partial charge in [0.1, 0.15) is 5.82 Å². The van der Waals surface area contributed by atoms with Crippen molar-refractivity contribution in [3.8, 4) is 0 Å². The first kappa shape index (κ1) is 16.8. The van der Waals surface area contributed by atoms with Crippen molar-refractivity contribution >= 4 is 18.1 Å². The quantitative estimate of drug-likeness (QED) is 0.349. The van der Waals surface area contributed by atoms with E-state index in [1.165, 1.54) is 13.2 Å². The summed E-state index contributed by atoms with van der Waals surface area (Å²) in [5.41, 5.74) is -0.722. The molecular weight excluding hydrogens is 333 g/mol. The molecule has 0 N–H and O–H groups in total. The fraction of sp³-hybridized carbons (Fsp3) is 0.643. The van der Waals surface area contributed by atoms with E-state index in [-0.39, 0.29) is 18.2 Å². The van der Waals surface area contributed by atoms with E-state index in [4.69, 9.17) is 4.18 Å². The first-order valence-corrected chi connectivity index (χ1v) is 8.00. The van der Waals surface area contributed by atoms with Crippen molar-refractivity contribution in [3.63, 3.8) is 0 Å². The van der Waals surface area contributed by atoms with Gasteiger partial charge in [-0.15, -0.1) is 4.33 Å². The Morgan fingerprint density at radius 1 is 1.22 bits per heavy atom. The van der Waals surface area contributed by atoms with Gasteiger partial charge in [-0.05, 0) is 37.8 Å². The first-order chi connectivity index (χ1) is 11.0. The number of piperidine rings is 1. The highest BCUT2D eigenvalue weighted by atomic mass is 32.2. The van der Waals surface area contributed by atoms with Crippen LogP contribution in [0.15, 0.2) is 18.3 Å². The Hall–Kier alpha value is -1.03. The van der Waals surface area contributed by atoms with Crippen molar-refractivity contribution in [2.75, 3.05) is 12.0 Å². The van der Waals surface area contributed by atoms with Crippen LogP contribution in [0.4, 0.5) is 19.0 Å². The van der Waals surface area contributed by atoms with Crippen LogP contribution in [0, 0.1) is 0 Å². The number of halogens is 3. The van der Waals surface area contributed by atoms with Crippen molar-refractivity contribution in [1.82, 2.24) is 4.98 Å². The molecule has 2 bridgehead atoms. The van der Waals surface area contributed by atoms with E-state index in [0.29, 0.717) is 5.82 Å². The number of hydrogen-bond acceptors (Lipinski definition) is 6. The largest absolute Gasteiger partial charge is 0.417 e. The zero-order valence-electron chi connectivity index (χ0n) is 12.5. The molecule has 23 heavy (non-hydrogen) atoms. The summed E-state index contributed by atoms with van der Waals surface area (Å²) >= 11 is 0.812. The van der Waals surface area contributed by atoms with Gasteiger partial charge in [0.2, 0.25) is 0 Å². The Morgan fingerprint density at radius 3 is 2.43 bits per heavy atom. The van der Waals surface area contributed by atoms with Gasteiger partial charge in [-0.1, -0.05) is 0 Å². The number of rotatable bonds is 5. The molecule has 0 radical (unpaired) electrons. The molecule has 2 aliphatic rings. The first-order valence-electron chi connectivity index (χ1n) is 7.33. The minimum Gasteiger partial charge on any atom is -0.350 e. The summed E-state index contributed by atoms with van der Waals surface area (Å²) in [5, 5.41) is 0. The van der Waals surface area contributed by atoms with Gasteiger partial charge in [0.05, 0.1) is 18.8 Å². The van der Waals surface area contributed by atoms with Crippen molar-refractivity contribution < 1.29 is 26.6 Å². The Kier molecular flexibility index (Phi) is 5.00. The molecule has 3 heterocycles. The SMILES string of the molecule is COOSOC1C[C@H]2CC[C@@H](C1)N2c1ccc(C(F)(F)F)cn1. The smallest absolute Gasteiger partial charge is 0.350 e. The van der Waals surface area contributed by atoms with Gasteiger partial charge in [0, 0.05) is 18.3 Å². The summed E-state index contributed by atoms with van der Waals surface area (Å²) in [5.74, 6) is 0.602. The summed E-state index contributed by atoms with van der Waals surface area (Å²) in [4.78, 5) is 10.6. The molecule has 2 fully saturated rings. The summed E-state index contributed by atoms with van der Waals surface area (Å²) in [7, 11) is 1.40. The summed E-state index contributed by atoms with van der Waals surface area (Å²) in [6.07, 6.45) is 0.145. The van der Waals surface area contributed by atoms with Crippen LogP contribution in [0.25, 0.3) is 0 Å². The number of pyridine rings is 1. The van der Waals surface area contributed by atoms with Gasteiger partial charge < -0.3 is 4.90 Å². The zero-order chi connectivity index (χ0) is 16.4. The minimum absolute atomic E-state index is 0.0401. The van der Waals surface area contributed by atoms with E-state index in [1.54, 1.807) is 0 Å². The molecular formula is C14H17F3N2O3S. The van der Waals surface area contributed by atoms with E-state index in [1.807, 2.05) is 0 Å². The fourth-order valence-corrected chi connectivity index (χ4v) is 3.74. The van der Waals surface area contributed by atoms with Crippen LogP contribution in [0.1, 0.15) is 31.2 Å². The van der Waals surface area contributed by atoms with Crippen molar-refractivity contribution in [1.29, 1.82) is 0 Å². The van der Waals surface area contributed by atoms with Crippen LogP contribution >= 0.6 is 12.3 Å². The van der Waals surface area contributed by atoms with Gasteiger partial charge in [-0.3, -0.25) is 4.18 Å². The maximum atomic E-state index is 12.6. The monoisotopic (exact) mass is 350 g/mol. The molecule has 0 aromatic carbocycles. The van der Waals surface area contributed by atoms with E-state index in [2.05, 4.69) is 19.1 Å². The van der Waals surface area contributed by atoms with Gasteiger partial charge in [0.25, 0.3) is 0 Å². The normalized spacial score (nSPS) is 27.5. The molecule has 1 aromatic heterocycles. The van der Waals surface area contributed by atoms with E-state index < -0.39 is 11.7 Å². The second-order valence-electron chi connectivity index (χ2n) is 5.69. The summed E-state index contributed by atoms with van der Waals surface area (Å²) in [6, 6.07) is 3.00. The molecule has 0 spiro atoms. The van der Waals surface area contributed by atoms with E-state index in [0.717, 1.165) is 50.3 Å². The van der Waals surface area contributed by atoms with Crippen LogP contribution in [-0.4, -0.2) is 30.3 Å². The van der Waals surface area contributed by atoms with Gasteiger partial charge in [0.15, 0.2) is 12.3 Å². The number of fused-ring (bicyclic) bond motifs is 2. The number of alkyl halides is 3. The predicted molar refractivity (Wildman–Crippen MR) is 78.3 cm³/mol. The highest BCUT2D eigenvalue weighted by Crippen LogP contribution is 2.41. The minimum atomic E-state index is -4.36. The van der Waals surface area contributed by atoms with Crippen LogP contribution in [0.5, 0.6) is 0 Å². The molecule has 2 saturated heterocycles. The highest BCUT2D eigenvalue weighted by Gasteiger charge is 2.42. The lowest BCUT2D eigenvalue weighted by atomic mass is 10.00. The molecule has 0 saturated carbocycles. The number of hydrogen-bond donors (Lipinski definition) is 0. The molecule has 5 nitrogen and oxygen atoms in total. The summed E-state index contributed by atoms with van der Waals surface area (Å²) < 4.78 is 48.1. The molecule has 1 unspecified atom stereocenters. The second-order valence-corrected chi connectivity index (χ2v) is 6.15. The Bertz CT molecular complexity index is 515. The lowest BCUT2D eigenvalue weighted by Crippen LogP contribution is -2.45. The third-order valence-corrected chi connectivity index (χ3v) is 4.84. The van der Waals surface area contributed by atoms with Crippen LogP contribution < -0.4 is 4.90 Å². The molecule has 128 valence electrons. The average Bonchev–Trinajstić information content (AvgIpc) is 2.78. The van der Waals surface area contributed by atoms with Crippen LogP contribution in [-0.2, 0) is 19.6 Å². The maximum Gasteiger partial charge on any atom is 0.417 e. The lowest BCUT2D eigenvalue weighted by molar-refractivity contribution is -0.168. The van der Waals surface area contributed by atoms with Gasteiger partial charge >= 0.3 is 6.18 Å². The Morgan fingerprint density at radius 2 is 1.91 bits per heavy atom. The van der Waals surface area contributed by atoms with Crippen molar-refractivity contribution in [2.45, 2.75) is 50.0 Å². The highest BCUT2D eigenvalue weighted by molar-refractivity contribution is 7.89. The van der Waals surface area contributed by atoms with Gasteiger partial charge in [-0.25, -0.2) is 9.87 Å². The molecule has 3 rings (SSSR count). The molecule has 0 amide bonds. The van der Waals surface area contributed by atoms with E-state index in [9.17, 15) is 13.2 Å². The number of anilines is 1. The van der Waals surface area contributed by atoms with E-state index >= 15 is 0 Å². The molecule has 2 aliphatic heterocycles. The van der Waals surface area contributed by atoms with Gasteiger partial charge in [-0.2, -0.15) is 13.2 Å². The standard InChI is InChI=1S/C14H17F3N2O3S/c1-20-22-23-21-12-6-10-3-4-11(7-12)19(10)13-5-2-9(8-18-13)14(15,16)17/h2,5,8,10-12H,3-4,6-7H2,1H3/t10-,11+,12?. The molecule has 0 aliphatic carbocycles. The lowest BCUT2D eigenvalue weighted by Gasteiger charge is -2.39. The second kappa shape index (κ2) is 6.84. The zero-order valence-corrected chi connectivity index (χ0v) is 13.3. The van der Waals surface area contributed by atoms with Crippen LogP contribution in [0.2, 0.25) is 0 Å².